The minimum atomic E-state index is -1.25. The van der Waals surface area contributed by atoms with E-state index in [-0.39, 0.29) is 11.2 Å². The monoisotopic (exact) mass is 268 g/mol. The first kappa shape index (κ1) is 13.9. The quantitative estimate of drug-likeness (QED) is 0.656. The van der Waals surface area contributed by atoms with Crippen LogP contribution in [0.15, 0.2) is 24.3 Å². The largest absolute Gasteiger partial charge is 0.494 e. The van der Waals surface area contributed by atoms with Crippen molar-refractivity contribution in [3.05, 3.63) is 29.8 Å². The van der Waals surface area contributed by atoms with Gasteiger partial charge in [-0.05, 0) is 38.7 Å². The predicted octanol–water partition coefficient (Wildman–Crippen LogP) is 2.88. The molecule has 1 aromatic carbocycles. The lowest BCUT2D eigenvalue weighted by atomic mass is 9.79. The molecule has 0 N–H and O–H groups in total. The molecule has 0 aliphatic carbocycles. The Bertz CT molecular complexity index is 415. The summed E-state index contributed by atoms with van der Waals surface area (Å²) in [5, 5.41) is 0. The van der Waals surface area contributed by atoms with E-state index in [9.17, 15) is 4.39 Å². The third kappa shape index (κ3) is 2.44. The highest BCUT2D eigenvalue weighted by atomic mass is 32.1. The molecule has 1 saturated heterocycles. The zero-order chi connectivity index (χ0) is 13.6. The Hall–Kier alpha value is -0.515. The Balaban J connectivity index is 2.19. The van der Waals surface area contributed by atoms with Crippen molar-refractivity contribution >= 4 is 25.2 Å². The van der Waals surface area contributed by atoms with Crippen molar-refractivity contribution in [2.24, 2.45) is 0 Å². The number of benzene rings is 1. The summed E-state index contributed by atoms with van der Waals surface area (Å²) in [6, 6.07) is 7.05. The second-order valence-electron chi connectivity index (χ2n) is 5.59. The molecule has 1 aromatic rings. The van der Waals surface area contributed by atoms with Crippen LogP contribution in [-0.2, 0) is 9.31 Å². The fourth-order valence-corrected chi connectivity index (χ4v) is 1.96. The van der Waals surface area contributed by atoms with E-state index >= 15 is 0 Å². The van der Waals surface area contributed by atoms with Crippen LogP contribution in [0.4, 0.5) is 4.39 Å². The highest BCUT2D eigenvalue weighted by Gasteiger charge is 2.51. The summed E-state index contributed by atoms with van der Waals surface area (Å²) in [6.07, 6.45) is 0. The predicted molar refractivity (Wildman–Crippen MR) is 75.0 cm³/mol. The molecule has 2 rings (SSSR count). The number of alkyl halides is 1. The zero-order valence-corrected chi connectivity index (χ0v) is 12.0. The molecule has 1 fully saturated rings. The summed E-state index contributed by atoms with van der Waals surface area (Å²) in [5.41, 5.74) is -0.535. The molecule has 1 atom stereocenters. The van der Waals surface area contributed by atoms with Crippen LogP contribution in [-0.4, -0.2) is 18.3 Å². The third-order valence-corrected chi connectivity index (χ3v) is 4.04. The maximum Gasteiger partial charge on any atom is 0.494 e. The SMILES string of the molecule is CC1(C)OB(c2ccc(C(F)S)cc2)OC1(C)C. The van der Waals surface area contributed by atoms with Crippen molar-refractivity contribution in [3.8, 4) is 0 Å². The number of hydrogen-bond acceptors (Lipinski definition) is 3. The number of hydrogen-bond donors (Lipinski definition) is 1. The second kappa shape index (κ2) is 4.55. The van der Waals surface area contributed by atoms with Crippen LogP contribution < -0.4 is 5.46 Å². The molecule has 5 heteroatoms. The van der Waals surface area contributed by atoms with Gasteiger partial charge in [0.25, 0.3) is 0 Å². The fourth-order valence-electron chi connectivity index (χ4n) is 1.79. The van der Waals surface area contributed by atoms with Crippen LogP contribution in [0.1, 0.15) is 38.8 Å². The first-order chi connectivity index (χ1) is 8.23. The van der Waals surface area contributed by atoms with Gasteiger partial charge >= 0.3 is 7.12 Å². The van der Waals surface area contributed by atoms with Crippen LogP contribution in [0.2, 0.25) is 0 Å². The normalized spacial score (nSPS) is 23.1. The van der Waals surface area contributed by atoms with Gasteiger partial charge < -0.3 is 9.31 Å². The number of rotatable bonds is 2. The van der Waals surface area contributed by atoms with Crippen molar-refractivity contribution in [1.29, 1.82) is 0 Å². The van der Waals surface area contributed by atoms with Crippen LogP contribution in [0.25, 0.3) is 0 Å². The van der Waals surface area contributed by atoms with Crippen molar-refractivity contribution in [2.45, 2.75) is 44.4 Å². The molecule has 1 unspecified atom stereocenters. The van der Waals surface area contributed by atoms with Gasteiger partial charge in [-0.15, -0.1) is 12.6 Å². The number of thiol groups is 1. The highest BCUT2D eigenvalue weighted by Crippen LogP contribution is 2.36. The minimum Gasteiger partial charge on any atom is -0.399 e. The molecule has 0 amide bonds. The van der Waals surface area contributed by atoms with Gasteiger partial charge in [-0.25, -0.2) is 4.39 Å². The molecule has 0 spiro atoms. The van der Waals surface area contributed by atoms with Gasteiger partial charge in [0, 0.05) is 0 Å². The maximum atomic E-state index is 13.0. The van der Waals surface area contributed by atoms with Gasteiger partial charge in [-0.2, -0.15) is 0 Å². The third-order valence-electron chi connectivity index (χ3n) is 3.74. The molecule has 18 heavy (non-hydrogen) atoms. The smallest absolute Gasteiger partial charge is 0.399 e. The van der Waals surface area contributed by atoms with Crippen LogP contribution in [0.5, 0.6) is 0 Å². The number of halogens is 1. The summed E-state index contributed by atoms with van der Waals surface area (Å²) >= 11 is 3.76. The molecule has 0 bridgehead atoms. The van der Waals surface area contributed by atoms with Gasteiger partial charge in [0.2, 0.25) is 0 Å². The standard InChI is InChI=1S/C13H18BFO2S/c1-12(2)13(3,4)17-14(16-12)10-7-5-9(6-8-10)11(15)18/h5-8,11,18H,1-4H3. The Kier molecular flexibility index (Phi) is 3.51. The minimum absolute atomic E-state index is 0.359. The lowest BCUT2D eigenvalue weighted by Crippen LogP contribution is -2.41. The Morgan fingerprint density at radius 1 is 1.06 bits per heavy atom. The van der Waals surface area contributed by atoms with Crippen molar-refractivity contribution in [2.75, 3.05) is 0 Å². The Morgan fingerprint density at radius 3 is 1.89 bits per heavy atom. The molecular formula is C13H18BFO2S. The molecule has 0 aromatic heterocycles. The van der Waals surface area contributed by atoms with E-state index in [2.05, 4.69) is 12.6 Å². The van der Waals surface area contributed by atoms with E-state index in [4.69, 9.17) is 9.31 Å². The van der Waals surface area contributed by atoms with E-state index in [0.717, 1.165) is 5.46 Å². The van der Waals surface area contributed by atoms with Gasteiger partial charge in [0.15, 0.2) is 5.50 Å². The second-order valence-corrected chi connectivity index (χ2v) is 6.04. The van der Waals surface area contributed by atoms with E-state index in [1.54, 1.807) is 12.1 Å². The molecule has 0 saturated carbocycles. The maximum absolute atomic E-state index is 13.0. The molecular weight excluding hydrogens is 250 g/mol. The van der Waals surface area contributed by atoms with Gasteiger partial charge in [0.1, 0.15) is 0 Å². The van der Waals surface area contributed by atoms with Crippen molar-refractivity contribution in [1.82, 2.24) is 0 Å². The van der Waals surface area contributed by atoms with Crippen molar-refractivity contribution in [3.63, 3.8) is 0 Å². The van der Waals surface area contributed by atoms with Gasteiger partial charge in [-0.1, -0.05) is 24.3 Å². The van der Waals surface area contributed by atoms with E-state index in [1.807, 2.05) is 39.8 Å². The first-order valence-corrected chi connectivity index (χ1v) is 6.52. The lowest BCUT2D eigenvalue weighted by Gasteiger charge is -2.32. The summed E-state index contributed by atoms with van der Waals surface area (Å²) < 4.78 is 24.8. The zero-order valence-electron chi connectivity index (χ0n) is 11.1. The summed E-state index contributed by atoms with van der Waals surface area (Å²) in [5.74, 6) is 0. The molecule has 2 nitrogen and oxygen atoms in total. The van der Waals surface area contributed by atoms with Crippen molar-refractivity contribution < 1.29 is 13.7 Å². The van der Waals surface area contributed by atoms with Crippen LogP contribution >= 0.6 is 12.6 Å². The highest BCUT2D eigenvalue weighted by molar-refractivity contribution is 7.80. The Morgan fingerprint density at radius 2 is 1.50 bits per heavy atom. The van der Waals surface area contributed by atoms with E-state index in [1.165, 1.54) is 0 Å². The fraction of sp³-hybridized carbons (Fsp3) is 0.538. The van der Waals surface area contributed by atoms with Crippen LogP contribution in [0.3, 0.4) is 0 Å². The topological polar surface area (TPSA) is 18.5 Å². The first-order valence-electron chi connectivity index (χ1n) is 6.00. The summed E-state index contributed by atoms with van der Waals surface area (Å²) in [6.45, 7) is 8.03. The molecule has 98 valence electrons. The summed E-state index contributed by atoms with van der Waals surface area (Å²) in [4.78, 5) is 0. The molecule has 1 aliphatic rings. The van der Waals surface area contributed by atoms with Gasteiger partial charge in [0.05, 0.1) is 11.2 Å². The lowest BCUT2D eigenvalue weighted by molar-refractivity contribution is 0.00578. The Labute approximate surface area is 113 Å². The molecule has 0 radical (unpaired) electrons. The molecule has 1 aliphatic heterocycles. The van der Waals surface area contributed by atoms with E-state index < -0.39 is 12.6 Å². The average Bonchev–Trinajstić information content (AvgIpc) is 2.48. The summed E-state index contributed by atoms with van der Waals surface area (Å²) in [7, 11) is -0.401. The average molecular weight is 268 g/mol. The molecule has 1 heterocycles. The van der Waals surface area contributed by atoms with E-state index in [0.29, 0.717) is 5.56 Å². The van der Waals surface area contributed by atoms with Gasteiger partial charge in [-0.3, -0.25) is 0 Å². The van der Waals surface area contributed by atoms with Crippen LogP contribution in [0, 0.1) is 0 Å².